The molecule has 0 saturated heterocycles. The van der Waals surface area contributed by atoms with Crippen LogP contribution in [0.2, 0.25) is 5.02 Å². The van der Waals surface area contributed by atoms with Gasteiger partial charge in [0, 0.05) is 15.1 Å². The zero-order valence-electron chi connectivity index (χ0n) is 17.1. The van der Waals surface area contributed by atoms with Gasteiger partial charge in [0.05, 0.1) is 28.5 Å². The first kappa shape index (κ1) is 22.5. The molecule has 1 aliphatic rings. The van der Waals surface area contributed by atoms with Crippen LogP contribution in [0.5, 0.6) is 5.75 Å². The van der Waals surface area contributed by atoms with Crippen molar-refractivity contribution in [3.05, 3.63) is 94.0 Å². The zero-order chi connectivity index (χ0) is 23.0. The molecule has 0 saturated carbocycles. The van der Waals surface area contributed by atoms with Crippen molar-refractivity contribution in [3.8, 4) is 5.75 Å². The summed E-state index contributed by atoms with van der Waals surface area (Å²) in [5.74, 6) is -0.503. The van der Waals surface area contributed by atoms with Gasteiger partial charge in [-0.05, 0) is 55.8 Å². The van der Waals surface area contributed by atoms with Crippen molar-refractivity contribution in [2.45, 2.75) is 19.9 Å². The van der Waals surface area contributed by atoms with Crippen molar-refractivity contribution in [1.82, 2.24) is 4.57 Å². The number of ether oxygens (including phenoxy) is 1. The summed E-state index contributed by atoms with van der Waals surface area (Å²) in [4.78, 5) is 31.3. The van der Waals surface area contributed by atoms with Crippen molar-refractivity contribution < 1.29 is 14.6 Å². The number of hydrogen-bond donors (Lipinski definition) is 1. The summed E-state index contributed by atoms with van der Waals surface area (Å²) in [6.45, 7) is 3.67. The molecular weight excluding hydrogens is 516 g/mol. The molecule has 2 heterocycles. The molecule has 1 N–H and O–H groups in total. The van der Waals surface area contributed by atoms with Crippen LogP contribution in [0.15, 0.2) is 68.0 Å². The zero-order valence-corrected chi connectivity index (χ0v) is 20.3. The van der Waals surface area contributed by atoms with Gasteiger partial charge in [-0.25, -0.2) is 9.79 Å². The lowest BCUT2D eigenvalue weighted by Gasteiger charge is -2.24. The maximum Gasteiger partial charge on any atom is 0.338 e. The molecule has 0 unspecified atom stereocenters. The molecule has 1 aromatic heterocycles. The first-order valence-corrected chi connectivity index (χ1v) is 11.7. The van der Waals surface area contributed by atoms with Gasteiger partial charge in [0.15, 0.2) is 4.80 Å². The van der Waals surface area contributed by atoms with Gasteiger partial charge in [0.25, 0.3) is 5.56 Å². The number of phenols is 1. The lowest BCUT2D eigenvalue weighted by Crippen LogP contribution is -2.39. The highest BCUT2D eigenvalue weighted by Crippen LogP contribution is 2.31. The summed E-state index contributed by atoms with van der Waals surface area (Å²) in [5, 5.41) is 10.6. The molecule has 0 amide bonds. The highest BCUT2D eigenvalue weighted by Gasteiger charge is 2.33. The van der Waals surface area contributed by atoms with E-state index < -0.39 is 12.0 Å². The number of phenolic OH excluding ortho intramolecular Hbond substituents is 1. The summed E-state index contributed by atoms with van der Waals surface area (Å²) < 4.78 is 8.02. The van der Waals surface area contributed by atoms with E-state index in [0.29, 0.717) is 31.2 Å². The van der Waals surface area contributed by atoms with E-state index in [1.165, 1.54) is 22.0 Å². The lowest BCUT2D eigenvalue weighted by molar-refractivity contribution is -0.139. The number of allylic oxidation sites excluding steroid dienone is 1. The van der Waals surface area contributed by atoms with Crippen LogP contribution in [0.25, 0.3) is 6.08 Å². The Bertz CT molecular complexity index is 1420. The van der Waals surface area contributed by atoms with Crippen LogP contribution in [0.4, 0.5) is 0 Å². The molecule has 2 aromatic carbocycles. The smallest absolute Gasteiger partial charge is 0.338 e. The van der Waals surface area contributed by atoms with E-state index in [1.807, 2.05) is 24.3 Å². The summed E-state index contributed by atoms with van der Waals surface area (Å²) in [5.41, 5.74) is 1.66. The van der Waals surface area contributed by atoms with Crippen LogP contribution in [0.1, 0.15) is 31.0 Å². The van der Waals surface area contributed by atoms with Gasteiger partial charge in [-0.2, -0.15) is 0 Å². The number of carbonyl (C=O) groups excluding carboxylic acids is 1. The Balaban J connectivity index is 1.97. The molecule has 0 radical (unpaired) electrons. The summed E-state index contributed by atoms with van der Waals surface area (Å²) in [6, 6.07) is 11.3. The highest BCUT2D eigenvalue weighted by molar-refractivity contribution is 9.10. The van der Waals surface area contributed by atoms with Crippen LogP contribution in [0.3, 0.4) is 0 Å². The topological polar surface area (TPSA) is 80.9 Å². The second-order valence-corrected chi connectivity index (χ2v) is 9.42. The van der Waals surface area contributed by atoms with Gasteiger partial charge in [0.2, 0.25) is 0 Å². The van der Waals surface area contributed by atoms with Crippen LogP contribution < -0.4 is 14.9 Å². The normalized spacial score (nSPS) is 16.0. The first-order chi connectivity index (χ1) is 15.3. The van der Waals surface area contributed by atoms with Gasteiger partial charge in [-0.1, -0.05) is 51.0 Å². The minimum atomic E-state index is -0.687. The fourth-order valence-electron chi connectivity index (χ4n) is 3.53. The summed E-state index contributed by atoms with van der Waals surface area (Å²) in [7, 11) is 0. The van der Waals surface area contributed by atoms with E-state index in [0.717, 1.165) is 10.0 Å². The van der Waals surface area contributed by atoms with E-state index in [-0.39, 0.29) is 17.9 Å². The van der Waals surface area contributed by atoms with Crippen LogP contribution in [-0.4, -0.2) is 22.2 Å². The maximum absolute atomic E-state index is 13.5. The Morgan fingerprint density at radius 2 is 2.03 bits per heavy atom. The summed E-state index contributed by atoms with van der Waals surface area (Å²) in [6.07, 6.45) is 1.58. The Kier molecular flexibility index (Phi) is 6.37. The fourth-order valence-corrected chi connectivity index (χ4v) is 5.02. The van der Waals surface area contributed by atoms with Crippen LogP contribution in [-0.2, 0) is 9.53 Å². The number of benzene rings is 2. The maximum atomic E-state index is 13.5. The minimum absolute atomic E-state index is 0.00749. The lowest BCUT2D eigenvalue weighted by atomic mass is 9.96. The molecule has 0 fully saturated rings. The third-order valence-electron chi connectivity index (χ3n) is 4.98. The number of aromatic hydroxyl groups is 1. The number of hydrogen-bond acceptors (Lipinski definition) is 6. The first-order valence-electron chi connectivity index (χ1n) is 9.73. The molecule has 0 bridgehead atoms. The van der Waals surface area contributed by atoms with E-state index in [4.69, 9.17) is 16.3 Å². The van der Waals surface area contributed by atoms with Crippen molar-refractivity contribution in [1.29, 1.82) is 0 Å². The van der Waals surface area contributed by atoms with Gasteiger partial charge in [-0.3, -0.25) is 9.36 Å². The molecule has 164 valence electrons. The molecule has 3 aromatic rings. The van der Waals surface area contributed by atoms with E-state index in [9.17, 15) is 14.7 Å². The van der Waals surface area contributed by atoms with E-state index in [2.05, 4.69) is 20.9 Å². The third-order valence-corrected chi connectivity index (χ3v) is 6.73. The van der Waals surface area contributed by atoms with Crippen molar-refractivity contribution in [2.75, 3.05) is 6.61 Å². The minimum Gasteiger partial charge on any atom is -0.507 e. The van der Waals surface area contributed by atoms with Crippen molar-refractivity contribution in [2.24, 2.45) is 4.99 Å². The second kappa shape index (κ2) is 9.05. The largest absolute Gasteiger partial charge is 0.507 e. The number of carbonyl (C=O) groups is 1. The average molecular weight is 534 g/mol. The van der Waals surface area contributed by atoms with Gasteiger partial charge < -0.3 is 9.84 Å². The van der Waals surface area contributed by atoms with Crippen molar-refractivity contribution in [3.63, 3.8) is 0 Å². The Morgan fingerprint density at radius 1 is 1.31 bits per heavy atom. The number of fused-ring (bicyclic) bond motifs is 1. The third kappa shape index (κ3) is 4.18. The molecule has 1 aliphatic heterocycles. The predicted octanol–water partition coefficient (Wildman–Crippen LogP) is 3.92. The van der Waals surface area contributed by atoms with Crippen LogP contribution >= 0.6 is 38.9 Å². The second-order valence-electron chi connectivity index (χ2n) is 7.06. The highest BCUT2D eigenvalue weighted by atomic mass is 79.9. The van der Waals surface area contributed by atoms with Crippen molar-refractivity contribution >= 4 is 50.9 Å². The molecule has 9 heteroatoms. The quantitative estimate of drug-likeness (QED) is 0.516. The Labute approximate surface area is 200 Å². The Morgan fingerprint density at radius 3 is 2.72 bits per heavy atom. The predicted molar refractivity (Wildman–Crippen MR) is 128 cm³/mol. The molecule has 0 spiro atoms. The van der Waals surface area contributed by atoms with E-state index in [1.54, 1.807) is 32.1 Å². The van der Waals surface area contributed by atoms with Gasteiger partial charge in [-0.15, -0.1) is 0 Å². The molecule has 32 heavy (non-hydrogen) atoms. The van der Waals surface area contributed by atoms with Gasteiger partial charge in [0.1, 0.15) is 5.75 Å². The molecular formula is C23H18BrClN2O4S. The number of rotatable bonds is 4. The number of thiazole rings is 1. The standard InChI is InChI=1S/C23H18BrClN2O4S/c1-3-31-22(30)19-12(2)26-23-27(20(19)13-4-6-15(24)7-5-13)21(29)18(32-23)11-14-10-16(25)8-9-17(14)28/h4-11,20,28H,3H2,1-2H3/b18-11-/t20-/m1/s1. The number of aromatic nitrogens is 1. The van der Waals surface area contributed by atoms with Gasteiger partial charge >= 0.3 is 5.97 Å². The fraction of sp³-hybridized carbons (Fsp3) is 0.174. The molecule has 1 atom stereocenters. The molecule has 4 rings (SSSR count). The number of halogens is 2. The number of esters is 1. The molecule has 6 nitrogen and oxygen atoms in total. The average Bonchev–Trinajstić information content (AvgIpc) is 3.05. The van der Waals surface area contributed by atoms with Crippen LogP contribution in [0, 0.1) is 0 Å². The summed E-state index contributed by atoms with van der Waals surface area (Å²) >= 11 is 10.7. The monoisotopic (exact) mass is 532 g/mol. The Hall–Kier alpha value is -2.68. The van der Waals surface area contributed by atoms with E-state index >= 15 is 0 Å². The number of nitrogens with zero attached hydrogens (tertiary/aromatic N) is 2. The SMILES string of the molecule is CCOC(=O)C1=C(C)N=c2s/c(=C\c3cc(Cl)ccc3O)c(=O)n2[C@@H]1c1ccc(Br)cc1. The molecule has 0 aliphatic carbocycles.